The maximum Gasteiger partial charge on any atom is 0.264 e. The first-order valence-corrected chi connectivity index (χ1v) is 9.12. The first-order valence-electron chi connectivity index (χ1n) is 7.04. The Morgan fingerprint density at radius 2 is 2.00 bits per heavy atom. The van der Waals surface area contributed by atoms with Crippen LogP contribution in [0.5, 0.6) is 5.75 Å². The number of hydrogen-bond donors (Lipinski definition) is 1. The molecule has 0 unspecified atom stereocenters. The third kappa shape index (κ3) is 5.37. The van der Waals surface area contributed by atoms with Gasteiger partial charge in [-0.2, -0.15) is 0 Å². The molecular formula is C15H18ClN3O2S2. The van der Waals surface area contributed by atoms with E-state index in [2.05, 4.69) is 29.4 Å². The number of rotatable bonds is 6. The van der Waals surface area contributed by atoms with E-state index in [1.807, 2.05) is 26.0 Å². The van der Waals surface area contributed by atoms with Crippen LogP contribution < -0.4 is 10.1 Å². The number of benzene rings is 1. The lowest BCUT2D eigenvalue weighted by molar-refractivity contribution is -0.118. The minimum atomic E-state index is -0.271. The molecule has 124 valence electrons. The largest absolute Gasteiger partial charge is 0.484 e. The number of nitrogens with zero attached hydrogens (tertiary/aromatic N) is 2. The number of halogens is 1. The lowest BCUT2D eigenvalue weighted by Gasteiger charge is -2.09. The molecule has 0 aliphatic rings. The Kier molecular flexibility index (Phi) is 6.26. The zero-order valence-corrected chi connectivity index (χ0v) is 15.7. The summed E-state index contributed by atoms with van der Waals surface area (Å²) in [5.74, 6) is 0.348. The average Bonchev–Trinajstić information content (AvgIpc) is 2.88. The van der Waals surface area contributed by atoms with E-state index < -0.39 is 0 Å². The molecule has 1 aromatic heterocycles. The molecule has 0 saturated carbocycles. The summed E-state index contributed by atoms with van der Waals surface area (Å²) >= 11 is 9.07. The number of anilines is 1. The van der Waals surface area contributed by atoms with Crippen LogP contribution in [0.4, 0.5) is 5.13 Å². The molecule has 0 bridgehead atoms. The second kappa shape index (κ2) is 7.99. The molecule has 2 aromatic rings. The van der Waals surface area contributed by atoms with Crippen LogP contribution in [0.15, 0.2) is 16.5 Å². The number of aryl methyl sites for hydroxylation is 2. The van der Waals surface area contributed by atoms with Crippen LogP contribution in [0.25, 0.3) is 0 Å². The maximum atomic E-state index is 11.9. The summed E-state index contributed by atoms with van der Waals surface area (Å²) in [5, 5.41) is 12.3. The van der Waals surface area contributed by atoms with E-state index in [4.69, 9.17) is 16.3 Å². The van der Waals surface area contributed by atoms with E-state index in [9.17, 15) is 4.79 Å². The number of hydrogen-bond acceptors (Lipinski definition) is 6. The molecule has 1 amide bonds. The summed E-state index contributed by atoms with van der Waals surface area (Å²) in [6, 6.07) is 3.62. The molecule has 0 atom stereocenters. The lowest BCUT2D eigenvalue weighted by Crippen LogP contribution is -2.20. The highest BCUT2D eigenvalue weighted by Gasteiger charge is 2.11. The number of nitrogens with one attached hydrogen (secondary N) is 1. The second-order valence-corrected chi connectivity index (χ2v) is 8.43. The van der Waals surface area contributed by atoms with Crippen LogP contribution in [-0.4, -0.2) is 28.0 Å². The van der Waals surface area contributed by atoms with Crippen molar-refractivity contribution in [2.75, 3.05) is 11.9 Å². The van der Waals surface area contributed by atoms with Gasteiger partial charge in [-0.05, 0) is 37.1 Å². The number of carbonyl (C=O) groups is 1. The normalized spacial score (nSPS) is 10.9. The lowest BCUT2D eigenvalue weighted by atomic mass is 10.1. The summed E-state index contributed by atoms with van der Waals surface area (Å²) in [7, 11) is 0. The number of thioether (sulfide) groups is 1. The molecule has 23 heavy (non-hydrogen) atoms. The fourth-order valence-corrected chi connectivity index (χ4v) is 3.90. The van der Waals surface area contributed by atoms with E-state index >= 15 is 0 Å². The second-order valence-electron chi connectivity index (χ2n) is 5.25. The summed E-state index contributed by atoms with van der Waals surface area (Å²) in [5.41, 5.74) is 1.84. The van der Waals surface area contributed by atoms with Crippen molar-refractivity contribution in [1.29, 1.82) is 0 Å². The summed E-state index contributed by atoms with van der Waals surface area (Å²) in [6.45, 7) is 7.87. The van der Waals surface area contributed by atoms with Crippen molar-refractivity contribution in [3.63, 3.8) is 0 Å². The fraction of sp³-hybridized carbons (Fsp3) is 0.400. The van der Waals surface area contributed by atoms with Gasteiger partial charge < -0.3 is 4.74 Å². The van der Waals surface area contributed by atoms with E-state index in [1.54, 1.807) is 11.8 Å². The average molecular weight is 372 g/mol. The van der Waals surface area contributed by atoms with Gasteiger partial charge in [0.25, 0.3) is 5.91 Å². The molecule has 0 saturated heterocycles. The number of ether oxygens (including phenoxy) is 1. The summed E-state index contributed by atoms with van der Waals surface area (Å²) in [6.07, 6.45) is 0. The first kappa shape index (κ1) is 18.0. The van der Waals surface area contributed by atoms with Gasteiger partial charge in [0, 0.05) is 10.3 Å². The van der Waals surface area contributed by atoms with Gasteiger partial charge in [0.1, 0.15) is 5.75 Å². The molecule has 2 rings (SSSR count). The van der Waals surface area contributed by atoms with E-state index in [0.717, 1.165) is 15.5 Å². The Hall–Kier alpha value is -1.31. The maximum absolute atomic E-state index is 11.9. The van der Waals surface area contributed by atoms with Gasteiger partial charge in [-0.15, -0.1) is 10.2 Å². The van der Waals surface area contributed by atoms with Gasteiger partial charge in [0.15, 0.2) is 10.9 Å². The van der Waals surface area contributed by atoms with Gasteiger partial charge in [-0.1, -0.05) is 48.5 Å². The smallest absolute Gasteiger partial charge is 0.264 e. The van der Waals surface area contributed by atoms with Crippen LogP contribution in [0, 0.1) is 13.8 Å². The predicted octanol–water partition coefficient (Wildman–Crippen LogP) is 4.33. The van der Waals surface area contributed by atoms with Crippen LogP contribution in [0.1, 0.15) is 25.0 Å². The Balaban J connectivity index is 1.89. The van der Waals surface area contributed by atoms with Gasteiger partial charge in [0.2, 0.25) is 5.13 Å². The molecule has 0 spiro atoms. The summed E-state index contributed by atoms with van der Waals surface area (Å²) < 4.78 is 6.34. The zero-order valence-electron chi connectivity index (χ0n) is 13.3. The SMILES string of the molecule is Cc1cc(OCC(=O)Nc2nnc(SC(C)C)s2)cc(C)c1Cl. The highest BCUT2D eigenvalue weighted by molar-refractivity contribution is 8.01. The Labute approximate surface area is 148 Å². The van der Waals surface area contributed by atoms with Crippen LogP contribution in [0.2, 0.25) is 5.02 Å². The van der Waals surface area contributed by atoms with Gasteiger partial charge >= 0.3 is 0 Å². The van der Waals surface area contributed by atoms with E-state index in [-0.39, 0.29) is 12.5 Å². The highest BCUT2D eigenvalue weighted by Crippen LogP contribution is 2.28. The topological polar surface area (TPSA) is 64.1 Å². The molecule has 1 N–H and O–H groups in total. The monoisotopic (exact) mass is 371 g/mol. The molecule has 0 radical (unpaired) electrons. The fourth-order valence-electron chi connectivity index (χ4n) is 1.80. The number of amides is 1. The van der Waals surface area contributed by atoms with Crippen LogP contribution >= 0.6 is 34.7 Å². The van der Waals surface area contributed by atoms with Crippen LogP contribution in [-0.2, 0) is 4.79 Å². The molecule has 1 aromatic carbocycles. The van der Waals surface area contributed by atoms with Crippen molar-refractivity contribution in [2.45, 2.75) is 37.3 Å². The molecule has 5 nitrogen and oxygen atoms in total. The number of carbonyl (C=O) groups excluding carboxylic acids is 1. The Bertz CT molecular complexity index is 681. The van der Waals surface area contributed by atoms with Crippen LogP contribution in [0.3, 0.4) is 0 Å². The molecular weight excluding hydrogens is 354 g/mol. The van der Waals surface area contributed by atoms with Crippen molar-refractivity contribution in [2.24, 2.45) is 0 Å². The highest BCUT2D eigenvalue weighted by atomic mass is 35.5. The van der Waals surface area contributed by atoms with E-state index in [0.29, 0.717) is 21.2 Å². The standard InChI is InChI=1S/C15H18ClN3O2S2/c1-8(2)22-15-19-18-14(23-15)17-12(20)7-21-11-5-9(3)13(16)10(4)6-11/h5-6,8H,7H2,1-4H3,(H,17,18,20). The molecule has 0 fully saturated rings. The van der Waals surface area contributed by atoms with Crippen molar-refractivity contribution in [1.82, 2.24) is 10.2 Å². The molecule has 0 aliphatic carbocycles. The Morgan fingerprint density at radius 1 is 1.35 bits per heavy atom. The van der Waals surface area contributed by atoms with Crippen molar-refractivity contribution in [3.05, 3.63) is 28.3 Å². The van der Waals surface area contributed by atoms with E-state index in [1.165, 1.54) is 11.3 Å². The summed E-state index contributed by atoms with van der Waals surface area (Å²) in [4.78, 5) is 11.9. The number of aromatic nitrogens is 2. The third-order valence-electron chi connectivity index (χ3n) is 2.77. The third-order valence-corrected chi connectivity index (χ3v) is 5.29. The molecule has 8 heteroatoms. The zero-order chi connectivity index (χ0) is 17.0. The minimum absolute atomic E-state index is 0.0905. The van der Waals surface area contributed by atoms with Gasteiger partial charge in [0.05, 0.1) is 0 Å². The van der Waals surface area contributed by atoms with Gasteiger partial charge in [-0.3, -0.25) is 10.1 Å². The molecule has 1 heterocycles. The molecule has 0 aliphatic heterocycles. The first-order chi connectivity index (χ1) is 10.8. The van der Waals surface area contributed by atoms with Crippen molar-refractivity contribution >= 4 is 45.7 Å². The minimum Gasteiger partial charge on any atom is -0.484 e. The predicted molar refractivity (Wildman–Crippen MR) is 96.0 cm³/mol. The van der Waals surface area contributed by atoms with Crippen molar-refractivity contribution < 1.29 is 9.53 Å². The quantitative estimate of drug-likeness (QED) is 0.605. The van der Waals surface area contributed by atoms with Crippen molar-refractivity contribution in [3.8, 4) is 5.75 Å². The van der Waals surface area contributed by atoms with Gasteiger partial charge in [-0.25, -0.2) is 0 Å². The Morgan fingerprint density at radius 3 is 2.61 bits per heavy atom.